The van der Waals surface area contributed by atoms with Gasteiger partial charge in [0, 0.05) is 11.4 Å². The normalized spacial score (nSPS) is 11.6. The first-order chi connectivity index (χ1) is 15.0. The maximum absolute atomic E-state index is 12.3. The number of carbonyl (C=O) groups excluding carboxylic acids is 2. The fourth-order valence-electron chi connectivity index (χ4n) is 2.94. The van der Waals surface area contributed by atoms with Gasteiger partial charge in [0.15, 0.2) is 17.2 Å². The zero-order valence-corrected chi connectivity index (χ0v) is 18.4. The number of amides is 2. The molecule has 3 aromatic rings. The minimum Gasteiger partial charge on any atom is -0.493 e. The van der Waals surface area contributed by atoms with E-state index in [0.717, 1.165) is 10.4 Å². The number of nitrogens with zero attached hydrogens (tertiary/aromatic N) is 3. The first-order valence-electron chi connectivity index (χ1n) is 9.72. The number of ether oxygens (including phenoxy) is 2. The molecule has 0 bridgehead atoms. The second-order valence-electron chi connectivity index (χ2n) is 6.79. The molecular weight excluding hydrogens is 418 g/mol. The summed E-state index contributed by atoms with van der Waals surface area (Å²) in [5.74, 6) is 0.775. The van der Waals surface area contributed by atoms with E-state index in [9.17, 15) is 9.59 Å². The van der Waals surface area contributed by atoms with Crippen LogP contribution >= 0.6 is 11.3 Å². The van der Waals surface area contributed by atoms with Gasteiger partial charge in [0.1, 0.15) is 0 Å². The third-order valence-electron chi connectivity index (χ3n) is 4.56. The van der Waals surface area contributed by atoms with Gasteiger partial charge in [0.25, 0.3) is 5.91 Å². The maximum Gasteiger partial charge on any atom is 0.273 e. The number of carbonyl (C=O) groups is 2. The van der Waals surface area contributed by atoms with Crippen molar-refractivity contribution in [3.63, 3.8) is 0 Å². The van der Waals surface area contributed by atoms with Crippen LogP contribution in [0.1, 0.15) is 33.9 Å². The lowest BCUT2D eigenvalue weighted by molar-refractivity contribution is -0.120. The lowest BCUT2D eigenvalue weighted by atomic mass is 10.1. The van der Waals surface area contributed by atoms with Crippen LogP contribution in [0.2, 0.25) is 0 Å². The summed E-state index contributed by atoms with van der Waals surface area (Å²) in [7, 11) is 3.12. The molecular formula is C21H25N5O4S. The molecule has 2 amide bonds. The monoisotopic (exact) mass is 443 g/mol. The summed E-state index contributed by atoms with van der Waals surface area (Å²) in [6, 6.07) is 9.17. The molecule has 0 spiro atoms. The fraction of sp³-hybridized carbons (Fsp3) is 0.333. The number of thiophene rings is 1. The predicted octanol–water partition coefficient (Wildman–Crippen LogP) is 2.21. The van der Waals surface area contributed by atoms with Gasteiger partial charge in [0.05, 0.1) is 39.4 Å². The summed E-state index contributed by atoms with van der Waals surface area (Å²) in [4.78, 5) is 25.6. The van der Waals surface area contributed by atoms with Crippen LogP contribution in [0.15, 0.2) is 41.9 Å². The molecule has 0 saturated heterocycles. The third-order valence-corrected chi connectivity index (χ3v) is 5.62. The van der Waals surface area contributed by atoms with Crippen molar-refractivity contribution in [3.05, 3.63) is 58.0 Å². The Morgan fingerprint density at radius 2 is 2.00 bits per heavy atom. The topological polar surface area (TPSA) is 107 Å². The molecule has 164 valence electrons. The van der Waals surface area contributed by atoms with Gasteiger partial charge in [-0.25, -0.2) is 4.68 Å². The van der Waals surface area contributed by atoms with E-state index in [4.69, 9.17) is 9.47 Å². The first-order valence-corrected chi connectivity index (χ1v) is 10.6. The average Bonchev–Trinajstić information content (AvgIpc) is 3.46. The van der Waals surface area contributed by atoms with Crippen molar-refractivity contribution >= 4 is 23.2 Å². The van der Waals surface area contributed by atoms with E-state index in [-0.39, 0.29) is 30.0 Å². The highest BCUT2D eigenvalue weighted by Crippen LogP contribution is 2.27. The quantitative estimate of drug-likeness (QED) is 0.498. The fourth-order valence-corrected chi connectivity index (χ4v) is 3.67. The molecule has 3 rings (SSSR count). The van der Waals surface area contributed by atoms with E-state index in [0.29, 0.717) is 24.6 Å². The molecule has 1 aromatic carbocycles. The van der Waals surface area contributed by atoms with Gasteiger partial charge < -0.3 is 20.1 Å². The number of aromatic nitrogens is 3. The van der Waals surface area contributed by atoms with Gasteiger partial charge in [-0.2, -0.15) is 0 Å². The summed E-state index contributed by atoms with van der Waals surface area (Å²) in [5.41, 5.74) is 1.05. The van der Waals surface area contributed by atoms with Crippen LogP contribution in [0.5, 0.6) is 11.5 Å². The Hall–Kier alpha value is -3.40. The van der Waals surface area contributed by atoms with E-state index in [1.54, 1.807) is 43.9 Å². The van der Waals surface area contributed by atoms with Crippen LogP contribution in [0.25, 0.3) is 0 Å². The number of hydrogen-bond acceptors (Lipinski definition) is 7. The zero-order valence-electron chi connectivity index (χ0n) is 17.6. The van der Waals surface area contributed by atoms with Crippen LogP contribution in [-0.2, 0) is 17.8 Å². The summed E-state index contributed by atoms with van der Waals surface area (Å²) < 4.78 is 12.0. The van der Waals surface area contributed by atoms with Gasteiger partial charge >= 0.3 is 0 Å². The molecule has 0 aliphatic heterocycles. The number of methoxy groups -OCH3 is 2. The lowest BCUT2D eigenvalue weighted by Gasteiger charge is -2.10. The molecule has 9 nitrogen and oxygen atoms in total. The Kier molecular flexibility index (Phi) is 7.60. The first kappa shape index (κ1) is 22.3. The van der Waals surface area contributed by atoms with Gasteiger partial charge in [-0.05, 0) is 36.1 Å². The van der Waals surface area contributed by atoms with E-state index in [2.05, 4.69) is 20.9 Å². The molecule has 0 unspecified atom stereocenters. The lowest BCUT2D eigenvalue weighted by Crippen LogP contribution is -2.28. The standard InChI is InChI=1S/C21H25N5O4S/c1-14(19-5-4-10-31-19)23-21(28)16-13-26(25-24-16)9-8-22-20(27)12-15-6-7-17(29-2)18(11-15)30-3/h4-7,10-11,13-14H,8-9,12H2,1-3H3,(H,22,27)(H,23,28)/t14-/m1/s1. The Morgan fingerprint density at radius 1 is 1.19 bits per heavy atom. The summed E-state index contributed by atoms with van der Waals surface area (Å²) in [6.45, 7) is 2.68. The smallest absolute Gasteiger partial charge is 0.273 e. The SMILES string of the molecule is COc1ccc(CC(=O)NCCn2cc(C(=O)N[C@H](C)c3cccs3)nn2)cc1OC. The minimum atomic E-state index is -0.287. The summed E-state index contributed by atoms with van der Waals surface area (Å²) in [6.07, 6.45) is 1.78. The van der Waals surface area contributed by atoms with Crippen molar-refractivity contribution < 1.29 is 19.1 Å². The molecule has 1 atom stereocenters. The van der Waals surface area contributed by atoms with Crippen molar-refractivity contribution in [2.24, 2.45) is 0 Å². The molecule has 2 aromatic heterocycles. The Morgan fingerprint density at radius 3 is 2.71 bits per heavy atom. The van der Waals surface area contributed by atoms with Crippen LogP contribution in [-0.4, -0.2) is 47.6 Å². The van der Waals surface area contributed by atoms with E-state index >= 15 is 0 Å². The molecule has 0 aliphatic carbocycles. The van der Waals surface area contributed by atoms with Crippen molar-refractivity contribution in [3.8, 4) is 11.5 Å². The molecule has 10 heteroatoms. The van der Waals surface area contributed by atoms with Crippen molar-refractivity contribution in [2.75, 3.05) is 20.8 Å². The highest BCUT2D eigenvalue weighted by atomic mass is 32.1. The predicted molar refractivity (Wildman–Crippen MR) is 116 cm³/mol. The van der Waals surface area contributed by atoms with Gasteiger partial charge in [-0.1, -0.05) is 17.3 Å². The van der Waals surface area contributed by atoms with Crippen LogP contribution in [0, 0.1) is 0 Å². The molecule has 0 aliphatic rings. The molecule has 2 N–H and O–H groups in total. The largest absolute Gasteiger partial charge is 0.493 e. The van der Waals surface area contributed by atoms with E-state index in [1.807, 2.05) is 30.5 Å². The molecule has 0 saturated carbocycles. The van der Waals surface area contributed by atoms with Crippen LogP contribution < -0.4 is 20.1 Å². The zero-order chi connectivity index (χ0) is 22.2. The molecule has 0 fully saturated rings. The summed E-state index contributed by atoms with van der Waals surface area (Å²) in [5, 5.41) is 15.6. The van der Waals surface area contributed by atoms with E-state index < -0.39 is 0 Å². The molecule has 31 heavy (non-hydrogen) atoms. The van der Waals surface area contributed by atoms with Crippen molar-refractivity contribution in [1.29, 1.82) is 0 Å². The van der Waals surface area contributed by atoms with Gasteiger partial charge in [-0.15, -0.1) is 16.4 Å². The Labute approximate surface area is 184 Å². The third kappa shape index (κ3) is 6.05. The second-order valence-corrected chi connectivity index (χ2v) is 7.77. The molecule has 0 radical (unpaired) electrons. The van der Waals surface area contributed by atoms with Crippen molar-refractivity contribution in [1.82, 2.24) is 25.6 Å². The number of rotatable bonds is 10. The highest BCUT2D eigenvalue weighted by molar-refractivity contribution is 7.10. The molecule has 2 heterocycles. The number of nitrogens with one attached hydrogen (secondary N) is 2. The Bertz CT molecular complexity index is 1020. The maximum atomic E-state index is 12.3. The second kappa shape index (κ2) is 10.6. The minimum absolute atomic E-state index is 0.103. The Balaban J connectivity index is 1.45. The van der Waals surface area contributed by atoms with Gasteiger partial charge in [0.2, 0.25) is 5.91 Å². The number of hydrogen-bond donors (Lipinski definition) is 2. The number of benzene rings is 1. The van der Waals surface area contributed by atoms with Crippen LogP contribution in [0.4, 0.5) is 0 Å². The van der Waals surface area contributed by atoms with Gasteiger partial charge in [-0.3, -0.25) is 9.59 Å². The van der Waals surface area contributed by atoms with Crippen molar-refractivity contribution in [2.45, 2.75) is 25.9 Å². The highest BCUT2D eigenvalue weighted by Gasteiger charge is 2.15. The summed E-state index contributed by atoms with van der Waals surface area (Å²) >= 11 is 1.58. The average molecular weight is 444 g/mol. The van der Waals surface area contributed by atoms with E-state index in [1.165, 1.54) is 4.68 Å². The van der Waals surface area contributed by atoms with Crippen LogP contribution in [0.3, 0.4) is 0 Å².